The Bertz CT molecular complexity index is 604. The molecule has 0 radical (unpaired) electrons. The van der Waals surface area contributed by atoms with Crippen LogP contribution in [0.25, 0.3) is 11.3 Å². The van der Waals surface area contributed by atoms with Gasteiger partial charge in [0.15, 0.2) is 11.5 Å². The molecule has 0 saturated carbocycles. The summed E-state index contributed by atoms with van der Waals surface area (Å²) in [6.45, 7) is 3.36. The van der Waals surface area contributed by atoms with E-state index in [-0.39, 0.29) is 11.3 Å². The van der Waals surface area contributed by atoms with Crippen molar-refractivity contribution in [3.05, 3.63) is 42.1 Å². The van der Waals surface area contributed by atoms with E-state index >= 15 is 0 Å². The van der Waals surface area contributed by atoms with Crippen molar-refractivity contribution < 1.29 is 14.8 Å². The molecular formula is C18H23N2O3-. The molecule has 1 aliphatic heterocycles. The first-order valence-corrected chi connectivity index (χ1v) is 8.10. The Morgan fingerprint density at radius 1 is 1.13 bits per heavy atom. The number of piperidine rings is 1. The number of likely N-dealkylation sites (tertiary alicyclic amines) is 1. The minimum atomic E-state index is 0. The molecule has 0 atom stereocenters. The number of ketones is 1. The van der Waals surface area contributed by atoms with E-state index < -0.39 is 0 Å². The van der Waals surface area contributed by atoms with Crippen molar-refractivity contribution in [1.82, 2.24) is 10.1 Å². The van der Waals surface area contributed by atoms with Crippen LogP contribution in [0, 0.1) is 0 Å². The molecule has 1 N–H and O–H groups in total. The number of rotatable bonds is 6. The molecule has 0 unspecified atom stereocenters. The molecule has 5 nitrogen and oxygen atoms in total. The van der Waals surface area contributed by atoms with E-state index in [1.807, 2.05) is 30.3 Å². The topological polar surface area (TPSA) is 76.3 Å². The van der Waals surface area contributed by atoms with Crippen LogP contribution in [-0.4, -0.2) is 41.0 Å². The van der Waals surface area contributed by atoms with Crippen LogP contribution in [0.15, 0.2) is 40.9 Å². The number of aromatic nitrogens is 1. The van der Waals surface area contributed by atoms with Crippen LogP contribution in [0.3, 0.4) is 0 Å². The van der Waals surface area contributed by atoms with Gasteiger partial charge in [-0.15, -0.1) is 0 Å². The summed E-state index contributed by atoms with van der Waals surface area (Å²) in [5.41, 5.74) is 1.39. The van der Waals surface area contributed by atoms with E-state index in [0.29, 0.717) is 17.9 Å². The van der Waals surface area contributed by atoms with Gasteiger partial charge in [0.25, 0.3) is 0 Å². The van der Waals surface area contributed by atoms with E-state index in [2.05, 4.69) is 10.1 Å². The van der Waals surface area contributed by atoms with Gasteiger partial charge in [-0.25, -0.2) is 0 Å². The standard InChI is InChI=1S/C18H22N2O2.H2O/c21-17(10-7-13-20-11-5-2-6-12-20)16-14-18(22-19-16)15-8-3-1-4-9-15;/h1,3-4,8-9,14H,2,5-7,10-13H2;1H2/p-1. The van der Waals surface area contributed by atoms with Gasteiger partial charge in [0.2, 0.25) is 0 Å². The van der Waals surface area contributed by atoms with Crippen molar-refractivity contribution in [3.63, 3.8) is 0 Å². The molecule has 0 amide bonds. The Labute approximate surface area is 136 Å². The van der Waals surface area contributed by atoms with Crippen molar-refractivity contribution in [2.75, 3.05) is 19.6 Å². The summed E-state index contributed by atoms with van der Waals surface area (Å²) in [6.07, 6.45) is 5.36. The van der Waals surface area contributed by atoms with Crippen LogP contribution >= 0.6 is 0 Å². The fourth-order valence-corrected chi connectivity index (χ4v) is 2.92. The molecule has 0 spiro atoms. The van der Waals surface area contributed by atoms with E-state index in [4.69, 9.17) is 4.52 Å². The van der Waals surface area contributed by atoms with Gasteiger partial charge < -0.3 is 14.9 Å². The monoisotopic (exact) mass is 315 g/mol. The predicted octanol–water partition coefficient (Wildman–Crippen LogP) is 3.61. The second-order valence-corrected chi connectivity index (χ2v) is 5.87. The average molecular weight is 315 g/mol. The Morgan fingerprint density at radius 2 is 1.87 bits per heavy atom. The summed E-state index contributed by atoms with van der Waals surface area (Å²) in [6, 6.07) is 11.5. The van der Waals surface area contributed by atoms with Gasteiger partial charge in [0.1, 0.15) is 5.69 Å². The first-order valence-electron chi connectivity index (χ1n) is 8.10. The van der Waals surface area contributed by atoms with Gasteiger partial charge in [-0.05, 0) is 38.9 Å². The van der Waals surface area contributed by atoms with Gasteiger partial charge >= 0.3 is 0 Å². The molecule has 124 valence electrons. The fourth-order valence-electron chi connectivity index (χ4n) is 2.92. The lowest BCUT2D eigenvalue weighted by atomic mass is 10.1. The zero-order chi connectivity index (χ0) is 15.2. The third-order valence-electron chi connectivity index (χ3n) is 4.18. The maximum atomic E-state index is 12.2. The van der Waals surface area contributed by atoms with Crippen LogP contribution in [0.4, 0.5) is 0 Å². The summed E-state index contributed by atoms with van der Waals surface area (Å²) in [5.74, 6) is 0.725. The fraction of sp³-hybridized carbons (Fsp3) is 0.444. The van der Waals surface area contributed by atoms with Crippen LogP contribution in [0.2, 0.25) is 0 Å². The van der Waals surface area contributed by atoms with Crippen molar-refractivity contribution in [2.45, 2.75) is 32.1 Å². The zero-order valence-corrected chi connectivity index (χ0v) is 13.3. The van der Waals surface area contributed by atoms with Gasteiger partial charge in [0.05, 0.1) is 0 Å². The third kappa shape index (κ3) is 4.74. The Kier molecular flexibility index (Phi) is 6.50. The first-order chi connectivity index (χ1) is 10.8. The molecule has 1 fully saturated rings. The molecule has 1 aromatic carbocycles. The largest absolute Gasteiger partial charge is 0.870 e. The maximum absolute atomic E-state index is 12.2. The number of carbonyl (C=O) groups excluding carboxylic acids is 1. The number of carbonyl (C=O) groups is 1. The highest BCUT2D eigenvalue weighted by molar-refractivity contribution is 5.94. The summed E-state index contributed by atoms with van der Waals surface area (Å²) < 4.78 is 5.29. The van der Waals surface area contributed by atoms with Crippen molar-refractivity contribution in [2.24, 2.45) is 0 Å². The van der Waals surface area contributed by atoms with Crippen molar-refractivity contribution in [3.8, 4) is 11.3 Å². The van der Waals surface area contributed by atoms with E-state index in [1.165, 1.54) is 32.4 Å². The molecule has 2 aromatic rings. The lowest BCUT2D eigenvalue weighted by molar-refractivity contribution is 0.0964. The second-order valence-electron chi connectivity index (χ2n) is 5.87. The maximum Gasteiger partial charge on any atom is 0.184 e. The molecule has 23 heavy (non-hydrogen) atoms. The molecule has 1 saturated heterocycles. The number of Topliss-reactive ketones (excluding diaryl/α,β-unsaturated/α-hetero) is 1. The quantitative estimate of drug-likeness (QED) is 0.761. The smallest absolute Gasteiger partial charge is 0.184 e. The molecule has 1 aromatic heterocycles. The van der Waals surface area contributed by atoms with Gasteiger partial charge in [-0.3, -0.25) is 4.79 Å². The van der Waals surface area contributed by atoms with Crippen LogP contribution in [0.5, 0.6) is 0 Å². The Hall–Kier alpha value is -1.98. The molecule has 1 aliphatic rings. The second kappa shape index (κ2) is 8.60. The molecular weight excluding hydrogens is 292 g/mol. The highest BCUT2D eigenvalue weighted by Gasteiger charge is 2.15. The molecule has 5 heteroatoms. The first kappa shape index (κ1) is 17.4. The Morgan fingerprint density at radius 3 is 2.61 bits per heavy atom. The summed E-state index contributed by atoms with van der Waals surface area (Å²) >= 11 is 0. The number of hydrogen-bond donors (Lipinski definition) is 0. The summed E-state index contributed by atoms with van der Waals surface area (Å²) in [4.78, 5) is 14.6. The van der Waals surface area contributed by atoms with Crippen molar-refractivity contribution in [1.29, 1.82) is 0 Å². The van der Waals surface area contributed by atoms with Crippen molar-refractivity contribution >= 4 is 5.78 Å². The zero-order valence-electron chi connectivity index (χ0n) is 13.3. The number of benzene rings is 1. The summed E-state index contributed by atoms with van der Waals surface area (Å²) in [5, 5.41) is 3.92. The van der Waals surface area contributed by atoms with Gasteiger partial charge in [-0.2, -0.15) is 0 Å². The van der Waals surface area contributed by atoms with E-state index in [9.17, 15) is 4.79 Å². The predicted molar refractivity (Wildman–Crippen MR) is 87.7 cm³/mol. The minimum Gasteiger partial charge on any atom is -0.870 e. The molecule has 2 heterocycles. The highest BCUT2D eigenvalue weighted by atomic mass is 16.5. The molecule has 3 rings (SSSR count). The third-order valence-corrected chi connectivity index (χ3v) is 4.18. The highest BCUT2D eigenvalue weighted by Crippen LogP contribution is 2.20. The van der Waals surface area contributed by atoms with Gasteiger partial charge in [0, 0.05) is 18.1 Å². The summed E-state index contributed by atoms with van der Waals surface area (Å²) in [7, 11) is 0. The van der Waals surface area contributed by atoms with E-state index in [1.54, 1.807) is 6.07 Å². The number of hydrogen-bond acceptors (Lipinski definition) is 5. The van der Waals surface area contributed by atoms with E-state index in [0.717, 1.165) is 18.5 Å². The molecule has 0 aliphatic carbocycles. The number of nitrogens with zero attached hydrogens (tertiary/aromatic N) is 2. The normalized spacial score (nSPS) is 15.1. The SMILES string of the molecule is O=C(CCCN1CCCCC1)c1cc(-c2ccccc2)on1.[OH-]. The minimum absolute atomic E-state index is 0. The Balaban J connectivity index is 0.00000192. The lowest BCUT2D eigenvalue weighted by Crippen LogP contribution is -2.30. The molecule has 0 bridgehead atoms. The van der Waals surface area contributed by atoms with Gasteiger partial charge in [-0.1, -0.05) is 41.9 Å². The lowest BCUT2D eigenvalue weighted by Gasteiger charge is -2.26. The van der Waals surface area contributed by atoms with Crippen LogP contribution < -0.4 is 0 Å². The van der Waals surface area contributed by atoms with Crippen LogP contribution in [-0.2, 0) is 0 Å². The van der Waals surface area contributed by atoms with Crippen LogP contribution in [0.1, 0.15) is 42.6 Å². The average Bonchev–Trinajstić information content (AvgIpc) is 3.07.